The lowest BCUT2D eigenvalue weighted by atomic mass is 9.89. The van der Waals surface area contributed by atoms with Crippen LogP contribution in [0.25, 0.3) is 0 Å². The van der Waals surface area contributed by atoms with Crippen molar-refractivity contribution in [3.05, 3.63) is 76.6 Å². The third kappa shape index (κ3) is 3.29. The number of carbonyl (C=O) groups excluding carboxylic acids is 2. The molecule has 1 aliphatic carbocycles. The van der Waals surface area contributed by atoms with Crippen LogP contribution in [0, 0.1) is 0 Å². The highest BCUT2D eigenvalue weighted by atomic mass is 32.2. The number of nitrogens with zero attached hydrogens (tertiary/aromatic N) is 2. The molecule has 0 spiro atoms. The molecule has 2 saturated heterocycles. The van der Waals surface area contributed by atoms with Crippen molar-refractivity contribution in [1.29, 1.82) is 0 Å². The number of ketones is 2. The molecule has 0 amide bonds. The maximum atomic E-state index is 13.3. The summed E-state index contributed by atoms with van der Waals surface area (Å²) in [5.74, 6) is -1.04. The molecule has 2 aromatic rings. The Morgan fingerprint density at radius 3 is 2.03 bits per heavy atom. The first-order chi connectivity index (χ1) is 13.9. The van der Waals surface area contributed by atoms with Crippen LogP contribution in [-0.4, -0.2) is 56.0 Å². The van der Waals surface area contributed by atoms with Crippen molar-refractivity contribution in [1.82, 2.24) is 9.80 Å². The third-order valence-corrected chi connectivity index (χ3v) is 6.20. The molecule has 0 bridgehead atoms. The third-order valence-electron chi connectivity index (χ3n) is 5.08. The van der Waals surface area contributed by atoms with Crippen molar-refractivity contribution < 1.29 is 22.2 Å². The number of rotatable bonds is 6. The van der Waals surface area contributed by atoms with Gasteiger partial charge < -0.3 is 14.0 Å². The van der Waals surface area contributed by atoms with Crippen LogP contribution in [-0.2, 0) is 15.9 Å². The number of Topliss-reactive ketones (excluding diaryl/α,β-unsaturated/α-hetero) is 2. The topological polar surface area (TPSA) is 83.5 Å². The monoisotopic (exact) mass is 410 g/mol. The average molecular weight is 410 g/mol. The molecule has 0 N–H and O–H groups in total. The van der Waals surface area contributed by atoms with Crippen LogP contribution in [0.5, 0.6) is 5.75 Å². The van der Waals surface area contributed by atoms with Gasteiger partial charge in [0.15, 0.2) is 5.75 Å². The maximum absolute atomic E-state index is 13.3. The molecular weight excluding hydrogens is 392 g/mol. The highest BCUT2D eigenvalue weighted by Crippen LogP contribution is 2.39. The van der Waals surface area contributed by atoms with Gasteiger partial charge in [0.25, 0.3) is 0 Å². The Morgan fingerprint density at radius 2 is 1.41 bits per heavy atom. The number of hydrogen-bond donors (Lipinski definition) is 0. The van der Waals surface area contributed by atoms with Crippen LogP contribution >= 0.6 is 0 Å². The molecule has 2 aromatic carbocycles. The Bertz CT molecular complexity index is 1160. The highest BCUT2D eigenvalue weighted by molar-refractivity contribution is 7.86. The Balaban J connectivity index is 1.53. The maximum Gasteiger partial charge on any atom is 0.313 e. The molecule has 3 aliphatic rings. The molecule has 0 saturated carbocycles. The van der Waals surface area contributed by atoms with E-state index in [0.717, 1.165) is 13.1 Å². The zero-order valence-electron chi connectivity index (χ0n) is 15.5. The minimum Gasteiger partial charge on any atom is -0.381 e. The summed E-state index contributed by atoms with van der Waals surface area (Å²) < 4.78 is 30.5. The van der Waals surface area contributed by atoms with Gasteiger partial charge in [0.05, 0.1) is 5.56 Å². The molecule has 2 fully saturated rings. The number of hydrogen-bond acceptors (Lipinski definition) is 7. The molecule has 5 rings (SSSR count). The molecule has 2 heterocycles. The average Bonchev–Trinajstić information content (AvgIpc) is 3.58. The summed E-state index contributed by atoms with van der Waals surface area (Å²) in [6.07, 6.45) is 0. The highest BCUT2D eigenvalue weighted by Gasteiger charge is 2.44. The summed E-state index contributed by atoms with van der Waals surface area (Å²) >= 11 is 0. The fourth-order valence-electron chi connectivity index (χ4n) is 3.56. The van der Waals surface area contributed by atoms with Crippen molar-refractivity contribution in [2.24, 2.45) is 0 Å². The smallest absolute Gasteiger partial charge is 0.313 e. The van der Waals surface area contributed by atoms with Crippen LogP contribution in [0.3, 0.4) is 0 Å². The second kappa shape index (κ2) is 6.45. The van der Waals surface area contributed by atoms with Crippen molar-refractivity contribution in [2.45, 2.75) is 5.75 Å². The van der Waals surface area contributed by atoms with Crippen LogP contribution < -0.4 is 4.18 Å². The fourth-order valence-corrected chi connectivity index (χ4v) is 4.64. The number of benzene rings is 2. The van der Waals surface area contributed by atoms with Gasteiger partial charge >= 0.3 is 10.1 Å². The summed E-state index contributed by atoms with van der Waals surface area (Å²) in [5.41, 5.74) is 1.57. The standard InChI is InChI=1S/C21H18N2O5S/c24-20-15-7-4-8-16(28-29(26,27)13-14-5-2-1-3-6-14)17(15)21(25)19(23-11-12-23)18(20)22-9-10-22/h1-8H,9-13H2. The molecule has 148 valence electrons. The summed E-state index contributed by atoms with van der Waals surface area (Å²) in [5, 5.41) is 0. The van der Waals surface area contributed by atoms with Gasteiger partial charge in [0.2, 0.25) is 11.6 Å². The summed E-state index contributed by atoms with van der Waals surface area (Å²) in [6, 6.07) is 13.2. The molecule has 29 heavy (non-hydrogen) atoms. The van der Waals surface area contributed by atoms with E-state index in [0.29, 0.717) is 30.0 Å². The molecule has 0 atom stereocenters. The lowest BCUT2D eigenvalue weighted by Crippen LogP contribution is -2.30. The van der Waals surface area contributed by atoms with E-state index in [9.17, 15) is 18.0 Å². The van der Waals surface area contributed by atoms with E-state index in [4.69, 9.17) is 4.18 Å². The van der Waals surface area contributed by atoms with Gasteiger partial charge in [-0.3, -0.25) is 9.59 Å². The van der Waals surface area contributed by atoms with Gasteiger partial charge in [-0.1, -0.05) is 36.4 Å². The minimum atomic E-state index is -4.01. The SMILES string of the molecule is O=C1C(N2CC2)=C(N2CC2)C(=O)c2c(OS(=O)(=O)Cc3ccccc3)cccc21. The van der Waals surface area contributed by atoms with Gasteiger partial charge in [0, 0.05) is 31.7 Å². The Kier molecular flexibility index (Phi) is 3.99. The van der Waals surface area contributed by atoms with Crippen molar-refractivity contribution in [3.63, 3.8) is 0 Å². The van der Waals surface area contributed by atoms with E-state index >= 15 is 0 Å². The quantitative estimate of drug-likeness (QED) is 0.531. The van der Waals surface area contributed by atoms with Crippen LogP contribution in [0.4, 0.5) is 0 Å². The predicted molar refractivity (Wildman–Crippen MR) is 105 cm³/mol. The number of carbonyl (C=O) groups is 2. The predicted octanol–water partition coefficient (Wildman–Crippen LogP) is 1.82. The molecular formula is C21H18N2O5S. The number of fused-ring (bicyclic) bond motifs is 1. The van der Waals surface area contributed by atoms with E-state index in [1.807, 2.05) is 9.80 Å². The van der Waals surface area contributed by atoms with Crippen LogP contribution in [0.2, 0.25) is 0 Å². The second-order valence-electron chi connectivity index (χ2n) is 7.28. The normalized spacial score (nSPS) is 18.1. The first-order valence-electron chi connectivity index (χ1n) is 9.37. The Labute approximate surface area is 168 Å². The fraction of sp³-hybridized carbons (Fsp3) is 0.238. The molecule has 8 heteroatoms. The van der Waals surface area contributed by atoms with Gasteiger partial charge in [-0.15, -0.1) is 0 Å². The zero-order chi connectivity index (χ0) is 20.2. The van der Waals surface area contributed by atoms with Gasteiger partial charge in [-0.05, 0) is 17.7 Å². The van der Waals surface area contributed by atoms with Crippen LogP contribution in [0.15, 0.2) is 59.9 Å². The van der Waals surface area contributed by atoms with Crippen LogP contribution in [0.1, 0.15) is 26.3 Å². The van der Waals surface area contributed by atoms with Crippen molar-refractivity contribution in [2.75, 3.05) is 26.2 Å². The minimum absolute atomic E-state index is 0.0293. The van der Waals surface area contributed by atoms with E-state index < -0.39 is 10.1 Å². The van der Waals surface area contributed by atoms with E-state index in [1.165, 1.54) is 6.07 Å². The first-order valence-corrected chi connectivity index (χ1v) is 10.9. The van der Waals surface area contributed by atoms with E-state index in [-0.39, 0.29) is 34.2 Å². The molecule has 0 aromatic heterocycles. The lowest BCUT2D eigenvalue weighted by Gasteiger charge is -2.24. The largest absolute Gasteiger partial charge is 0.381 e. The lowest BCUT2D eigenvalue weighted by molar-refractivity contribution is 0.0944. The molecule has 0 unspecified atom stereocenters. The summed E-state index contributed by atoms with van der Waals surface area (Å²) in [7, 11) is -4.01. The Morgan fingerprint density at radius 1 is 0.793 bits per heavy atom. The first kappa shape index (κ1) is 17.9. The van der Waals surface area contributed by atoms with Gasteiger partial charge in [-0.2, -0.15) is 8.42 Å². The molecule has 0 radical (unpaired) electrons. The number of allylic oxidation sites excluding steroid dienone is 2. The van der Waals surface area contributed by atoms with Crippen molar-refractivity contribution in [3.8, 4) is 5.75 Å². The van der Waals surface area contributed by atoms with E-state index in [1.54, 1.807) is 42.5 Å². The van der Waals surface area contributed by atoms with E-state index in [2.05, 4.69) is 0 Å². The molecule has 2 aliphatic heterocycles. The second-order valence-corrected chi connectivity index (χ2v) is 8.85. The summed E-state index contributed by atoms with van der Waals surface area (Å²) in [6.45, 7) is 2.89. The Hall–Kier alpha value is -3.13. The zero-order valence-corrected chi connectivity index (χ0v) is 16.3. The summed E-state index contributed by atoms with van der Waals surface area (Å²) in [4.78, 5) is 30.1. The van der Waals surface area contributed by atoms with Gasteiger partial charge in [0.1, 0.15) is 17.1 Å². The van der Waals surface area contributed by atoms with Crippen molar-refractivity contribution >= 4 is 21.7 Å². The molecule has 7 nitrogen and oxygen atoms in total. The van der Waals surface area contributed by atoms with Gasteiger partial charge in [-0.25, -0.2) is 0 Å².